The molecule has 0 aliphatic heterocycles. The Bertz CT molecular complexity index is 3890. The Morgan fingerprint density at radius 3 is 1.88 bits per heavy atom. The average Bonchev–Trinajstić information content (AvgIpc) is 3.86. The Kier molecular flexibility index (Phi) is 3.43. The van der Waals surface area contributed by atoms with Crippen molar-refractivity contribution < 1.29 is 25.0 Å². The second-order valence-corrected chi connectivity index (χ2v) is 11.8. The lowest BCUT2D eigenvalue weighted by Crippen LogP contribution is -1.94. The lowest BCUT2D eigenvalue weighted by Gasteiger charge is -2.11. The zero-order chi connectivity index (χ0) is 45.8. The van der Waals surface area contributed by atoms with E-state index in [9.17, 15) is 0 Å². The van der Waals surface area contributed by atoms with Crippen molar-refractivity contribution in [2.45, 2.75) is 0 Å². The van der Waals surface area contributed by atoms with E-state index in [-0.39, 0.29) is 57.1 Å². The van der Waals surface area contributed by atoms with E-state index in [1.165, 1.54) is 0 Å². The normalized spacial score (nSPS) is 16.2. The first-order chi connectivity index (χ1) is 31.0. The van der Waals surface area contributed by atoms with Gasteiger partial charge in [0.2, 0.25) is 0 Å². The summed E-state index contributed by atoms with van der Waals surface area (Å²) < 4.78 is 136. The number of hydrogen-bond donors (Lipinski definition) is 0. The van der Waals surface area contributed by atoms with Crippen molar-refractivity contribution in [1.82, 2.24) is 14.5 Å². The minimum Gasteiger partial charge on any atom is -0.452 e. The smallest absolute Gasteiger partial charge is 0.180 e. The molecule has 0 saturated heterocycles. The van der Waals surface area contributed by atoms with Crippen LogP contribution >= 0.6 is 0 Å². The Balaban J connectivity index is 1.23. The summed E-state index contributed by atoms with van der Waals surface area (Å²) in [6.45, 7) is 0. The van der Waals surface area contributed by atoms with Crippen molar-refractivity contribution in [2.75, 3.05) is 0 Å². The van der Waals surface area contributed by atoms with Crippen LogP contribution in [0.1, 0.15) is 20.6 Å². The van der Waals surface area contributed by atoms with Crippen LogP contribution in [0.25, 0.3) is 105 Å². The van der Waals surface area contributed by atoms with E-state index in [2.05, 4.69) is 4.98 Å². The van der Waals surface area contributed by atoms with Crippen LogP contribution in [0.15, 0.2) is 168 Å². The van der Waals surface area contributed by atoms with Crippen molar-refractivity contribution in [3.8, 4) is 39.5 Å². The lowest BCUT2D eigenvalue weighted by molar-refractivity contribution is 0.667. The number of benzene rings is 8. The molecule has 50 heavy (non-hydrogen) atoms. The number of rotatable bonds is 4. The van der Waals surface area contributed by atoms with Gasteiger partial charge >= 0.3 is 0 Å². The predicted octanol–water partition coefficient (Wildman–Crippen LogP) is 12.2. The zero-order valence-electron chi connectivity index (χ0n) is 40.7. The van der Waals surface area contributed by atoms with Crippen LogP contribution in [0.3, 0.4) is 0 Å². The molecule has 0 spiro atoms. The summed E-state index contributed by atoms with van der Waals surface area (Å²) in [6, 6.07) is 14.2. The van der Waals surface area contributed by atoms with Gasteiger partial charge in [0.15, 0.2) is 11.4 Å². The minimum absolute atomic E-state index is 0.0309. The molecular formula is C46H27N3O. The van der Waals surface area contributed by atoms with Crippen LogP contribution in [0, 0.1) is 0 Å². The molecule has 0 atom stereocenters. The molecule has 0 amide bonds. The molecule has 0 saturated carbocycles. The molecule has 11 rings (SSSR count). The van der Waals surface area contributed by atoms with Gasteiger partial charge in [-0.3, -0.25) is 0 Å². The van der Waals surface area contributed by atoms with Gasteiger partial charge in [-0.1, -0.05) is 127 Å². The highest BCUT2D eigenvalue weighted by Crippen LogP contribution is 2.46. The molecule has 3 heterocycles. The Labute approximate surface area is 307 Å². The molecule has 11 aromatic rings. The van der Waals surface area contributed by atoms with E-state index in [0.717, 1.165) is 32.3 Å². The highest BCUT2D eigenvalue weighted by Gasteiger charge is 2.23. The van der Waals surface area contributed by atoms with Gasteiger partial charge in [-0.2, -0.15) is 0 Å². The summed E-state index contributed by atoms with van der Waals surface area (Å²) >= 11 is 0. The first-order valence-corrected chi connectivity index (χ1v) is 15.7. The fourth-order valence-electron chi connectivity index (χ4n) is 7.26. The largest absolute Gasteiger partial charge is 0.452 e. The van der Waals surface area contributed by atoms with Gasteiger partial charge < -0.3 is 8.98 Å². The molecule has 0 aliphatic carbocycles. The molecule has 3 aromatic heterocycles. The molecule has 0 N–H and O–H groups in total. The van der Waals surface area contributed by atoms with Crippen molar-refractivity contribution in [1.29, 1.82) is 0 Å². The molecule has 0 aliphatic rings. The van der Waals surface area contributed by atoms with Crippen LogP contribution < -0.4 is 0 Å². The SMILES string of the molecule is [2H]c1c([2H])c([2H])c(-c2nc(-c3c([2H])c([2H])c([2H])c([2H])c3[2H])c3oc4cccc(-c5ccc6c(c5)c5cccc7c5c5c6cccc5n7-c5c([2H])c([2H])c([2H])c([2H])c5[2H])c4c3n2)c([2H])c1[2H]. The molecule has 4 nitrogen and oxygen atoms in total. The minimum atomic E-state index is -0.640. The average molecular weight is 653 g/mol. The maximum Gasteiger partial charge on any atom is 0.180 e. The molecule has 8 aromatic carbocycles. The highest BCUT2D eigenvalue weighted by atomic mass is 16.3. The van der Waals surface area contributed by atoms with Gasteiger partial charge in [-0.25, -0.2) is 9.97 Å². The number of aromatic nitrogens is 3. The van der Waals surface area contributed by atoms with Crippen molar-refractivity contribution in [3.05, 3.63) is 163 Å². The quantitative estimate of drug-likeness (QED) is 0.178. The van der Waals surface area contributed by atoms with Gasteiger partial charge in [0, 0.05) is 27.6 Å². The molecule has 0 fully saturated rings. The van der Waals surface area contributed by atoms with Crippen LogP contribution in [0.5, 0.6) is 0 Å². The fraction of sp³-hybridized carbons (Fsp3) is 0. The summed E-state index contributed by atoms with van der Waals surface area (Å²) in [5.74, 6) is -0.352. The van der Waals surface area contributed by atoms with Crippen molar-refractivity contribution in [3.63, 3.8) is 0 Å². The third kappa shape index (κ3) is 3.81. The lowest BCUT2D eigenvalue weighted by atomic mass is 9.91. The number of fused-ring (bicyclic) bond motifs is 6. The van der Waals surface area contributed by atoms with Gasteiger partial charge in [-0.15, -0.1) is 0 Å². The van der Waals surface area contributed by atoms with E-state index in [1.807, 2.05) is 60.7 Å². The van der Waals surface area contributed by atoms with Crippen LogP contribution in [0.4, 0.5) is 0 Å². The fourth-order valence-corrected chi connectivity index (χ4v) is 7.26. The number of furan rings is 1. The van der Waals surface area contributed by atoms with E-state index in [1.54, 1.807) is 16.7 Å². The molecule has 0 radical (unpaired) electrons. The Morgan fingerprint density at radius 2 is 1.16 bits per heavy atom. The summed E-state index contributed by atoms with van der Waals surface area (Å²) in [7, 11) is 0. The second-order valence-electron chi connectivity index (χ2n) is 11.8. The zero-order valence-corrected chi connectivity index (χ0v) is 25.7. The first-order valence-electron chi connectivity index (χ1n) is 23.2. The van der Waals surface area contributed by atoms with E-state index in [0.29, 0.717) is 27.5 Å². The second kappa shape index (κ2) is 10.4. The highest BCUT2D eigenvalue weighted by molar-refractivity contribution is 6.34. The maximum atomic E-state index is 8.87. The van der Waals surface area contributed by atoms with Crippen LogP contribution in [0.2, 0.25) is 0 Å². The molecule has 0 unspecified atom stereocenters. The topological polar surface area (TPSA) is 43.9 Å². The summed E-state index contributed by atoms with van der Waals surface area (Å²) in [5, 5.41) is 5.47. The molecule has 0 bridgehead atoms. The summed E-state index contributed by atoms with van der Waals surface area (Å²) in [5.41, 5.74) is 1.99. The van der Waals surface area contributed by atoms with E-state index < -0.39 is 78.6 Å². The van der Waals surface area contributed by atoms with E-state index >= 15 is 0 Å². The third-order valence-corrected chi connectivity index (χ3v) is 9.24. The van der Waals surface area contributed by atoms with E-state index in [4.69, 9.17) is 30.0 Å². The molecule has 232 valence electrons. The van der Waals surface area contributed by atoms with Crippen molar-refractivity contribution >= 4 is 65.4 Å². The standard InChI is InChI=1S/C46H27N3O/c1-4-13-28(14-5-1)43-45-44(48-46(47-43)29-15-6-2-7-16-29)42-32(19-12-24-39(42)50-45)30-25-26-33-34-20-10-22-37-40(34)41-35(36(33)27-30)21-11-23-38(41)49(37)31-17-8-3-9-18-31/h1-27H/i1D,2D,3D,4D,5D,6D,7D,8D,9D,13D,14D,15D,16D,17D,18D. The number of nitrogens with zero attached hydrogens (tertiary/aromatic N) is 3. The van der Waals surface area contributed by atoms with Crippen molar-refractivity contribution in [2.24, 2.45) is 0 Å². The summed E-state index contributed by atoms with van der Waals surface area (Å²) in [6.07, 6.45) is 0. The van der Waals surface area contributed by atoms with Gasteiger partial charge in [-0.05, 0) is 69.0 Å². The maximum absolute atomic E-state index is 8.87. The van der Waals surface area contributed by atoms with Gasteiger partial charge in [0.25, 0.3) is 0 Å². The molecular weight excluding hydrogens is 611 g/mol. The number of para-hydroxylation sites is 1. The Morgan fingerprint density at radius 1 is 0.520 bits per heavy atom. The van der Waals surface area contributed by atoms with Gasteiger partial charge in [0.1, 0.15) is 16.8 Å². The summed E-state index contributed by atoms with van der Waals surface area (Å²) in [4.78, 5) is 9.38. The number of hydrogen-bond acceptors (Lipinski definition) is 3. The van der Waals surface area contributed by atoms with Crippen LogP contribution in [-0.2, 0) is 0 Å². The Hall–Kier alpha value is -6.78. The van der Waals surface area contributed by atoms with Gasteiger partial charge in [0.05, 0.1) is 37.0 Å². The third-order valence-electron chi connectivity index (χ3n) is 9.24. The van der Waals surface area contributed by atoms with Crippen LogP contribution in [-0.4, -0.2) is 14.5 Å². The monoisotopic (exact) mass is 652 g/mol. The molecule has 4 heteroatoms. The predicted molar refractivity (Wildman–Crippen MR) is 206 cm³/mol. The first kappa shape index (κ1) is 16.6.